The van der Waals surface area contributed by atoms with E-state index in [-0.39, 0.29) is 11.8 Å². The van der Waals surface area contributed by atoms with Crippen LogP contribution in [0.25, 0.3) is 0 Å². The molecule has 118 valence electrons. The third-order valence-corrected chi connectivity index (χ3v) is 4.27. The molecule has 0 aliphatic carbocycles. The Balaban J connectivity index is 2.09. The lowest BCUT2D eigenvalue weighted by Crippen LogP contribution is -2.46. The monoisotopic (exact) mass is 318 g/mol. The molecule has 2 N–H and O–H groups in total. The zero-order valence-corrected chi connectivity index (χ0v) is 12.8. The summed E-state index contributed by atoms with van der Waals surface area (Å²) in [5.41, 5.74) is 6.78. The van der Waals surface area contributed by atoms with Gasteiger partial charge in [-0.25, -0.2) is 0 Å². The van der Waals surface area contributed by atoms with E-state index in [1.54, 1.807) is 12.1 Å². The van der Waals surface area contributed by atoms with Crippen LogP contribution in [0.15, 0.2) is 18.2 Å². The third-order valence-electron chi connectivity index (χ3n) is 4.03. The average Bonchev–Trinajstić information content (AvgIpc) is 2.43. The molecule has 2 atom stereocenters. The summed E-state index contributed by atoms with van der Waals surface area (Å²) in [5, 5.41) is 0.521. The van der Waals surface area contributed by atoms with Crippen LogP contribution in [0.5, 0.6) is 5.75 Å². The van der Waals surface area contributed by atoms with Crippen LogP contribution in [-0.2, 0) is 6.54 Å². The van der Waals surface area contributed by atoms with Gasteiger partial charge in [0.25, 0.3) is 0 Å². The van der Waals surface area contributed by atoms with E-state index in [1.165, 1.54) is 6.07 Å². The Bertz CT molecular complexity index is 473. The van der Waals surface area contributed by atoms with Crippen LogP contribution in [-0.4, -0.2) is 30.6 Å². The van der Waals surface area contributed by atoms with E-state index < -0.39 is 6.61 Å². The van der Waals surface area contributed by atoms with Gasteiger partial charge in [-0.05, 0) is 37.1 Å². The van der Waals surface area contributed by atoms with Crippen molar-refractivity contribution in [3.05, 3.63) is 28.8 Å². The standard InChI is InChI=1S/C15H21ClF2N2O/c1-2-10-8-20(6-5-13(10)19)9-11-7-12(16)3-4-14(11)21-15(17)18/h3-4,7,10,13,15H,2,5-6,8-9,19H2,1H3. The predicted octanol–water partition coefficient (Wildman–Crippen LogP) is 3.50. The van der Waals surface area contributed by atoms with E-state index in [4.69, 9.17) is 17.3 Å². The highest BCUT2D eigenvalue weighted by atomic mass is 35.5. The van der Waals surface area contributed by atoms with Gasteiger partial charge in [-0.2, -0.15) is 8.78 Å². The van der Waals surface area contributed by atoms with Crippen LogP contribution in [0.3, 0.4) is 0 Å². The maximum Gasteiger partial charge on any atom is 0.387 e. The van der Waals surface area contributed by atoms with Crippen molar-refractivity contribution in [2.24, 2.45) is 11.7 Å². The Labute approximate surface area is 129 Å². The van der Waals surface area contributed by atoms with Gasteiger partial charge in [0.05, 0.1) is 0 Å². The minimum absolute atomic E-state index is 0.192. The topological polar surface area (TPSA) is 38.5 Å². The number of piperidine rings is 1. The summed E-state index contributed by atoms with van der Waals surface area (Å²) in [6.45, 7) is 1.57. The largest absolute Gasteiger partial charge is 0.434 e. The van der Waals surface area contributed by atoms with Crippen molar-refractivity contribution in [1.29, 1.82) is 0 Å². The van der Waals surface area contributed by atoms with Gasteiger partial charge in [0.15, 0.2) is 0 Å². The van der Waals surface area contributed by atoms with Gasteiger partial charge in [0.2, 0.25) is 0 Å². The molecular formula is C15H21ClF2N2O. The molecule has 0 saturated carbocycles. The first-order chi connectivity index (χ1) is 9.99. The number of hydrogen-bond donors (Lipinski definition) is 1. The van der Waals surface area contributed by atoms with Crippen molar-refractivity contribution >= 4 is 11.6 Å². The normalized spacial score (nSPS) is 23.5. The number of nitrogens with two attached hydrogens (primary N) is 1. The number of ether oxygens (including phenoxy) is 1. The molecule has 0 radical (unpaired) electrons. The van der Waals surface area contributed by atoms with E-state index in [1.807, 2.05) is 0 Å². The number of halogens is 3. The van der Waals surface area contributed by atoms with Crippen LogP contribution >= 0.6 is 11.6 Å². The van der Waals surface area contributed by atoms with E-state index in [9.17, 15) is 8.78 Å². The van der Waals surface area contributed by atoms with Crippen molar-refractivity contribution in [1.82, 2.24) is 4.90 Å². The second-order valence-corrected chi connectivity index (χ2v) is 5.92. The van der Waals surface area contributed by atoms with Crippen molar-refractivity contribution in [2.45, 2.75) is 39.0 Å². The SMILES string of the molecule is CCC1CN(Cc2cc(Cl)ccc2OC(F)F)CCC1N. The molecule has 0 spiro atoms. The van der Waals surface area contributed by atoms with Gasteiger partial charge in [-0.3, -0.25) is 4.90 Å². The van der Waals surface area contributed by atoms with Gasteiger partial charge in [0.1, 0.15) is 5.75 Å². The second kappa shape index (κ2) is 7.38. The molecule has 2 unspecified atom stereocenters. The second-order valence-electron chi connectivity index (χ2n) is 5.49. The molecule has 0 amide bonds. The first-order valence-electron chi connectivity index (χ1n) is 7.20. The first kappa shape index (κ1) is 16.5. The van der Waals surface area contributed by atoms with Gasteiger partial charge in [-0.1, -0.05) is 24.9 Å². The van der Waals surface area contributed by atoms with Crippen molar-refractivity contribution in [3.63, 3.8) is 0 Å². The fourth-order valence-corrected chi connectivity index (χ4v) is 3.02. The minimum Gasteiger partial charge on any atom is -0.434 e. The zero-order valence-electron chi connectivity index (χ0n) is 12.1. The summed E-state index contributed by atoms with van der Waals surface area (Å²) >= 11 is 5.97. The Kier molecular flexibility index (Phi) is 5.79. The number of rotatable bonds is 5. The van der Waals surface area contributed by atoms with Crippen molar-refractivity contribution < 1.29 is 13.5 Å². The Morgan fingerprint density at radius 1 is 1.48 bits per heavy atom. The van der Waals surface area contributed by atoms with Gasteiger partial charge >= 0.3 is 6.61 Å². The zero-order chi connectivity index (χ0) is 15.4. The number of nitrogens with zero attached hydrogens (tertiary/aromatic N) is 1. The molecule has 1 fully saturated rings. The lowest BCUT2D eigenvalue weighted by Gasteiger charge is -2.36. The fraction of sp³-hybridized carbons (Fsp3) is 0.600. The molecule has 0 aromatic heterocycles. The van der Waals surface area contributed by atoms with Gasteiger partial charge in [0, 0.05) is 29.7 Å². The highest BCUT2D eigenvalue weighted by molar-refractivity contribution is 6.30. The fourth-order valence-electron chi connectivity index (χ4n) is 2.82. The molecule has 6 heteroatoms. The number of likely N-dealkylation sites (tertiary alicyclic amines) is 1. The predicted molar refractivity (Wildman–Crippen MR) is 79.7 cm³/mol. The summed E-state index contributed by atoms with van der Waals surface area (Å²) in [6.07, 6.45) is 1.94. The average molecular weight is 319 g/mol. The van der Waals surface area contributed by atoms with Crippen LogP contribution in [0.1, 0.15) is 25.3 Å². The summed E-state index contributed by atoms with van der Waals surface area (Å²) in [4.78, 5) is 2.22. The molecule has 1 aliphatic rings. The van der Waals surface area contributed by atoms with Gasteiger partial charge < -0.3 is 10.5 Å². The highest BCUT2D eigenvalue weighted by Gasteiger charge is 2.26. The molecule has 2 rings (SSSR count). The minimum atomic E-state index is -2.83. The molecule has 21 heavy (non-hydrogen) atoms. The van der Waals surface area contributed by atoms with Crippen molar-refractivity contribution in [2.75, 3.05) is 13.1 Å². The molecule has 1 aliphatic heterocycles. The summed E-state index contributed by atoms with van der Waals surface area (Å²) in [6, 6.07) is 4.97. The molecule has 0 bridgehead atoms. The lowest BCUT2D eigenvalue weighted by atomic mass is 9.90. The third kappa shape index (κ3) is 4.53. The molecule has 1 saturated heterocycles. The first-order valence-corrected chi connectivity index (χ1v) is 7.58. The summed E-state index contributed by atoms with van der Waals surface area (Å²) < 4.78 is 29.5. The van der Waals surface area contributed by atoms with E-state index in [2.05, 4.69) is 16.6 Å². The van der Waals surface area contributed by atoms with Crippen molar-refractivity contribution in [3.8, 4) is 5.75 Å². The Morgan fingerprint density at radius 3 is 2.90 bits per heavy atom. The van der Waals surface area contributed by atoms with Crippen LogP contribution in [0, 0.1) is 5.92 Å². The van der Waals surface area contributed by atoms with Gasteiger partial charge in [-0.15, -0.1) is 0 Å². The number of benzene rings is 1. The van der Waals surface area contributed by atoms with Crippen LogP contribution < -0.4 is 10.5 Å². The van der Waals surface area contributed by atoms with E-state index in [0.717, 1.165) is 25.9 Å². The maximum atomic E-state index is 12.5. The number of hydrogen-bond acceptors (Lipinski definition) is 3. The van der Waals surface area contributed by atoms with E-state index >= 15 is 0 Å². The molecule has 1 aromatic carbocycles. The van der Waals surface area contributed by atoms with Crippen LogP contribution in [0.2, 0.25) is 5.02 Å². The maximum absolute atomic E-state index is 12.5. The highest BCUT2D eigenvalue weighted by Crippen LogP contribution is 2.28. The van der Waals surface area contributed by atoms with E-state index in [0.29, 0.717) is 23.0 Å². The quantitative estimate of drug-likeness (QED) is 0.903. The summed E-state index contributed by atoms with van der Waals surface area (Å²) in [7, 11) is 0. The number of alkyl halides is 2. The molecular weight excluding hydrogens is 298 g/mol. The lowest BCUT2D eigenvalue weighted by molar-refractivity contribution is -0.0508. The molecule has 1 aromatic rings. The summed E-state index contributed by atoms with van der Waals surface area (Å²) in [5.74, 6) is 0.634. The molecule has 3 nitrogen and oxygen atoms in total. The Hall–Kier alpha value is -0.910. The Morgan fingerprint density at radius 2 is 2.24 bits per heavy atom. The smallest absolute Gasteiger partial charge is 0.387 e. The molecule has 1 heterocycles. The van der Waals surface area contributed by atoms with Crippen LogP contribution in [0.4, 0.5) is 8.78 Å².